The van der Waals surface area contributed by atoms with Crippen molar-refractivity contribution in [2.24, 2.45) is 0 Å². The summed E-state index contributed by atoms with van der Waals surface area (Å²) in [6.07, 6.45) is 39.4. The average Bonchev–Trinajstić information content (AvgIpc) is 3.09. The fraction of sp³-hybridized carbons (Fsp3) is 0.854. The van der Waals surface area contributed by atoms with E-state index >= 15 is 0 Å². The summed E-state index contributed by atoms with van der Waals surface area (Å²) < 4.78 is 32.6. The Kier molecular flexibility index (Phi) is 36.2. The zero-order valence-electron chi connectivity index (χ0n) is 32.6. The summed E-state index contributed by atoms with van der Waals surface area (Å²) in [6.45, 7) is 5.41. The van der Waals surface area contributed by atoms with Crippen LogP contribution in [0.5, 0.6) is 0 Å². The summed E-state index contributed by atoms with van der Waals surface area (Å²) in [5.74, 6) is -0.808. The number of rotatable bonds is 38. The minimum atomic E-state index is -4.28. The summed E-state index contributed by atoms with van der Waals surface area (Å²) in [6, 6.07) is 0. The van der Waals surface area contributed by atoms with Crippen LogP contribution in [0.25, 0.3) is 0 Å². The number of phosphoric acid groups is 1. The van der Waals surface area contributed by atoms with Crippen molar-refractivity contribution in [1.29, 1.82) is 0 Å². The smallest absolute Gasteiger partial charge is 0.462 e. The van der Waals surface area contributed by atoms with E-state index in [1.807, 2.05) is 0 Å². The molecule has 0 aliphatic carbocycles. The lowest BCUT2D eigenvalue weighted by Crippen LogP contribution is -2.29. The van der Waals surface area contributed by atoms with Crippen LogP contribution >= 0.6 is 7.82 Å². The second kappa shape index (κ2) is 37.3. The van der Waals surface area contributed by atoms with Crippen LogP contribution in [0, 0.1) is 0 Å². The number of unbranched alkanes of at least 4 members (excludes halogenated alkanes) is 22. The van der Waals surface area contributed by atoms with E-state index in [0.29, 0.717) is 12.8 Å². The van der Waals surface area contributed by atoms with Crippen LogP contribution in [0.3, 0.4) is 0 Å². The number of ether oxygens (including phenoxy) is 2. The molecule has 0 radical (unpaired) electrons. The SMILES string of the molecule is CCC/C=C\C/C=C\CCCCCCCC(=O)OC(COC(=O)CCCCCCCCCCCCCCCCCCC)COP(=O)(O)OCC. The Hall–Kier alpha value is -1.47. The van der Waals surface area contributed by atoms with Crippen LogP contribution in [-0.4, -0.2) is 42.8 Å². The fourth-order valence-corrected chi connectivity index (χ4v) is 6.48. The van der Waals surface area contributed by atoms with E-state index in [1.54, 1.807) is 6.92 Å². The summed E-state index contributed by atoms with van der Waals surface area (Å²) in [5, 5.41) is 0. The lowest BCUT2D eigenvalue weighted by Gasteiger charge is -2.19. The summed E-state index contributed by atoms with van der Waals surface area (Å²) in [7, 11) is -4.28. The van der Waals surface area contributed by atoms with Gasteiger partial charge in [-0.25, -0.2) is 4.57 Å². The van der Waals surface area contributed by atoms with Gasteiger partial charge in [-0.1, -0.05) is 167 Å². The van der Waals surface area contributed by atoms with E-state index in [-0.39, 0.29) is 25.6 Å². The fourth-order valence-electron chi connectivity index (χ4n) is 5.73. The van der Waals surface area contributed by atoms with Gasteiger partial charge in [0.2, 0.25) is 0 Å². The second-order valence-corrected chi connectivity index (χ2v) is 15.1. The predicted molar refractivity (Wildman–Crippen MR) is 207 cm³/mol. The molecule has 0 amide bonds. The average molecular weight is 729 g/mol. The first-order valence-corrected chi connectivity index (χ1v) is 22.1. The maximum absolute atomic E-state index is 12.5. The van der Waals surface area contributed by atoms with E-state index in [9.17, 15) is 19.0 Å². The Morgan fingerprint density at radius 3 is 1.50 bits per heavy atom. The minimum Gasteiger partial charge on any atom is -0.462 e. The highest BCUT2D eigenvalue weighted by Gasteiger charge is 2.25. The van der Waals surface area contributed by atoms with Crippen LogP contribution in [-0.2, 0) is 32.7 Å². The van der Waals surface area contributed by atoms with Gasteiger partial charge in [-0.2, -0.15) is 0 Å². The highest BCUT2D eigenvalue weighted by atomic mass is 31.2. The largest absolute Gasteiger partial charge is 0.472 e. The van der Waals surface area contributed by atoms with E-state index in [4.69, 9.17) is 18.5 Å². The zero-order valence-corrected chi connectivity index (χ0v) is 33.5. The first kappa shape index (κ1) is 48.5. The molecule has 1 N–H and O–H groups in total. The molecule has 0 rings (SSSR count). The number of hydrogen-bond donors (Lipinski definition) is 1. The van der Waals surface area contributed by atoms with Crippen molar-refractivity contribution in [2.75, 3.05) is 19.8 Å². The van der Waals surface area contributed by atoms with Gasteiger partial charge in [0.15, 0.2) is 6.10 Å². The molecule has 0 heterocycles. The molecule has 0 aromatic heterocycles. The highest BCUT2D eigenvalue weighted by molar-refractivity contribution is 7.47. The van der Waals surface area contributed by atoms with Gasteiger partial charge in [0, 0.05) is 12.8 Å². The van der Waals surface area contributed by atoms with Crippen molar-refractivity contribution >= 4 is 19.8 Å². The molecule has 0 saturated heterocycles. The Morgan fingerprint density at radius 1 is 0.540 bits per heavy atom. The zero-order chi connectivity index (χ0) is 36.8. The van der Waals surface area contributed by atoms with Crippen molar-refractivity contribution in [3.05, 3.63) is 24.3 Å². The van der Waals surface area contributed by atoms with E-state index in [2.05, 4.69) is 38.2 Å². The van der Waals surface area contributed by atoms with Gasteiger partial charge in [0.05, 0.1) is 13.2 Å². The first-order chi connectivity index (χ1) is 24.3. The lowest BCUT2D eigenvalue weighted by atomic mass is 10.0. The molecular formula is C41H77O8P. The maximum Gasteiger partial charge on any atom is 0.472 e. The quantitative estimate of drug-likeness (QED) is 0.0290. The van der Waals surface area contributed by atoms with Gasteiger partial charge >= 0.3 is 19.8 Å². The predicted octanol–water partition coefficient (Wildman–Crippen LogP) is 12.7. The number of esters is 2. The van der Waals surface area contributed by atoms with Gasteiger partial charge in [0.25, 0.3) is 0 Å². The first-order valence-electron chi connectivity index (χ1n) is 20.6. The number of carbonyl (C=O) groups excluding carboxylic acids is 2. The minimum absolute atomic E-state index is 0.000740. The molecule has 50 heavy (non-hydrogen) atoms. The van der Waals surface area contributed by atoms with Gasteiger partial charge < -0.3 is 14.4 Å². The highest BCUT2D eigenvalue weighted by Crippen LogP contribution is 2.43. The molecule has 294 valence electrons. The number of phosphoric ester groups is 1. The molecule has 0 saturated carbocycles. The molecule has 9 heteroatoms. The standard InChI is InChI=1S/C41H77O8P/c1-4-7-9-11-13-15-17-19-20-21-22-24-25-27-29-31-33-35-40(42)46-37-39(38-48-50(44,45)47-6-3)49-41(43)36-34-32-30-28-26-23-18-16-14-12-10-8-5-2/h10,12,16,18,39H,4-9,11,13-15,17,19-38H2,1-3H3,(H,44,45)/b12-10-,18-16-. The molecular weight excluding hydrogens is 651 g/mol. The van der Waals surface area contributed by atoms with Crippen molar-refractivity contribution in [1.82, 2.24) is 0 Å². The van der Waals surface area contributed by atoms with Gasteiger partial charge in [-0.15, -0.1) is 0 Å². The van der Waals surface area contributed by atoms with E-state index in [1.165, 1.54) is 96.3 Å². The Bertz CT molecular complexity index is 875. The molecule has 0 fully saturated rings. The molecule has 2 atom stereocenters. The van der Waals surface area contributed by atoms with Crippen molar-refractivity contribution in [3.8, 4) is 0 Å². The Morgan fingerprint density at radius 2 is 1.00 bits per heavy atom. The monoisotopic (exact) mass is 729 g/mol. The van der Waals surface area contributed by atoms with Gasteiger partial charge in [0.1, 0.15) is 6.61 Å². The summed E-state index contributed by atoms with van der Waals surface area (Å²) in [4.78, 5) is 34.6. The van der Waals surface area contributed by atoms with E-state index < -0.39 is 26.5 Å². The summed E-state index contributed by atoms with van der Waals surface area (Å²) >= 11 is 0. The van der Waals surface area contributed by atoms with Gasteiger partial charge in [-0.05, 0) is 45.4 Å². The number of carbonyl (C=O) groups is 2. The van der Waals surface area contributed by atoms with E-state index in [0.717, 1.165) is 64.2 Å². The molecule has 0 aliphatic heterocycles. The van der Waals surface area contributed by atoms with Crippen LogP contribution in [0.15, 0.2) is 24.3 Å². The maximum atomic E-state index is 12.5. The molecule has 0 spiro atoms. The molecule has 0 aliphatic rings. The molecule has 8 nitrogen and oxygen atoms in total. The van der Waals surface area contributed by atoms with Gasteiger partial charge in [-0.3, -0.25) is 18.6 Å². The third-order valence-corrected chi connectivity index (χ3v) is 9.80. The number of hydrogen-bond acceptors (Lipinski definition) is 7. The van der Waals surface area contributed by atoms with Crippen LogP contribution in [0.4, 0.5) is 0 Å². The van der Waals surface area contributed by atoms with Crippen LogP contribution in [0.2, 0.25) is 0 Å². The molecule has 0 bridgehead atoms. The third-order valence-electron chi connectivity index (χ3n) is 8.74. The second-order valence-electron chi connectivity index (χ2n) is 13.7. The van der Waals surface area contributed by atoms with Crippen molar-refractivity contribution in [2.45, 2.75) is 207 Å². The van der Waals surface area contributed by atoms with Crippen molar-refractivity contribution in [3.63, 3.8) is 0 Å². The van der Waals surface area contributed by atoms with Crippen LogP contribution in [0.1, 0.15) is 201 Å². The lowest BCUT2D eigenvalue weighted by molar-refractivity contribution is -0.161. The molecule has 0 aromatic carbocycles. The third kappa shape index (κ3) is 36.3. The van der Waals surface area contributed by atoms with Crippen LogP contribution < -0.4 is 0 Å². The Balaban J connectivity index is 4.08. The molecule has 2 unspecified atom stereocenters. The Labute approximate surface area is 307 Å². The summed E-state index contributed by atoms with van der Waals surface area (Å²) in [5.41, 5.74) is 0. The normalized spacial score (nSPS) is 13.6. The molecule has 0 aromatic rings. The number of allylic oxidation sites excluding steroid dienone is 4. The topological polar surface area (TPSA) is 108 Å². The van der Waals surface area contributed by atoms with Crippen molar-refractivity contribution < 1.29 is 37.6 Å².